The Hall–Kier alpha value is -5.68. The van der Waals surface area contributed by atoms with Gasteiger partial charge in [-0.3, -0.25) is 19.6 Å². The Balaban J connectivity index is 0.000000385. The summed E-state index contributed by atoms with van der Waals surface area (Å²) in [6, 6.07) is 12.2. The number of rotatable bonds is 11. The van der Waals surface area contributed by atoms with E-state index in [9.17, 15) is 18.8 Å². The van der Waals surface area contributed by atoms with E-state index in [4.69, 9.17) is 16.2 Å². The quantitative estimate of drug-likeness (QED) is 0.122. The number of aryl methyl sites for hydroxylation is 1. The fourth-order valence-corrected chi connectivity index (χ4v) is 3.98. The molecule has 0 atom stereocenters. The average Bonchev–Trinajstić information content (AvgIpc) is 3.88. The van der Waals surface area contributed by atoms with Gasteiger partial charge in [0.1, 0.15) is 29.0 Å². The molecule has 13 heteroatoms. The highest BCUT2D eigenvalue weighted by atomic mass is 19.1. The van der Waals surface area contributed by atoms with Gasteiger partial charge >= 0.3 is 0 Å². The smallest absolute Gasteiger partial charge is 0.269 e. The monoisotopic (exact) mass is 616 g/mol. The highest BCUT2D eigenvalue weighted by Gasteiger charge is 2.29. The fourth-order valence-electron chi connectivity index (χ4n) is 3.98. The van der Waals surface area contributed by atoms with Crippen LogP contribution in [-0.2, 0) is 20.9 Å². The van der Waals surface area contributed by atoms with Crippen molar-refractivity contribution in [3.63, 3.8) is 0 Å². The predicted octanol–water partition coefficient (Wildman–Crippen LogP) is 2.72. The second-order valence-corrected chi connectivity index (χ2v) is 10.1. The highest BCUT2D eigenvalue weighted by Crippen LogP contribution is 2.37. The number of carbonyl (C=O) groups is 2. The second-order valence-electron chi connectivity index (χ2n) is 10.1. The number of carbonyl (C=O) groups excluding carboxylic acids is 3. The maximum absolute atomic E-state index is 14.1. The van der Waals surface area contributed by atoms with Gasteiger partial charge in [-0.2, -0.15) is 0 Å². The lowest BCUT2D eigenvalue weighted by molar-refractivity contribution is -0.121. The van der Waals surface area contributed by atoms with Crippen molar-refractivity contribution in [3.05, 3.63) is 102 Å². The van der Waals surface area contributed by atoms with Crippen molar-refractivity contribution in [2.75, 3.05) is 26.5 Å². The van der Waals surface area contributed by atoms with Gasteiger partial charge in [0.25, 0.3) is 5.91 Å². The number of hydrogen-bond donors (Lipinski definition) is 5. The molecule has 12 nitrogen and oxygen atoms in total. The largest absolute Gasteiger partial charge is 0.494 e. The molecule has 236 valence electrons. The summed E-state index contributed by atoms with van der Waals surface area (Å²) < 4.78 is 19.7. The van der Waals surface area contributed by atoms with Crippen LogP contribution in [0.4, 0.5) is 10.1 Å². The van der Waals surface area contributed by atoms with Crippen LogP contribution in [-0.4, -0.2) is 53.8 Å². The van der Waals surface area contributed by atoms with Crippen LogP contribution < -0.4 is 32.2 Å². The summed E-state index contributed by atoms with van der Waals surface area (Å²) in [5.41, 5.74) is 14.8. The molecule has 2 heterocycles. The number of pyridine rings is 2. The van der Waals surface area contributed by atoms with Crippen LogP contribution in [0.5, 0.6) is 5.75 Å². The number of benzene rings is 1. The van der Waals surface area contributed by atoms with Gasteiger partial charge in [0.05, 0.1) is 42.6 Å². The third kappa shape index (κ3) is 9.94. The molecule has 2 amide bonds. The van der Waals surface area contributed by atoms with Crippen molar-refractivity contribution in [2.45, 2.75) is 26.3 Å². The molecule has 0 unspecified atom stereocenters. The predicted molar refractivity (Wildman–Crippen MR) is 169 cm³/mol. The first-order valence-corrected chi connectivity index (χ1v) is 13.9. The zero-order valence-corrected chi connectivity index (χ0v) is 25.6. The summed E-state index contributed by atoms with van der Waals surface area (Å²) in [5.74, 6) is 0.890. The highest BCUT2D eigenvalue weighted by molar-refractivity contribution is 5.94. The van der Waals surface area contributed by atoms with Crippen LogP contribution in [0.25, 0.3) is 11.1 Å². The van der Waals surface area contributed by atoms with Crippen molar-refractivity contribution in [3.8, 4) is 16.9 Å². The van der Waals surface area contributed by atoms with Gasteiger partial charge in [-0.15, -0.1) is 0 Å². The third-order valence-corrected chi connectivity index (χ3v) is 6.51. The van der Waals surface area contributed by atoms with Gasteiger partial charge in [-0.1, -0.05) is 18.2 Å². The van der Waals surface area contributed by atoms with E-state index in [-0.39, 0.29) is 34.7 Å². The molecule has 0 bridgehead atoms. The number of nitrogens with one attached hydrogen (secondary N) is 3. The number of nitrogens with zero attached hydrogens (tertiary/aromatic N) is 3. The summed E-state index contributed by atoms with van der Waals surface area (Å²) in [7, 11) is 4.71. The van der Waals surface area contributed by atoms with Gasteiger partial charge in [-0.25, -0.2) is 9.18 Å². The van der Waals surface area contributed by atoms with E-state index in [1.807, 2.05) is 18.2 Å². The molecule has 0 radical (unpaired) electrons. The third-order valence-electron chi connectivity index (χ3n) is 6.51. The number of para-hydroxylation sites is 1. The van der Waals surface area contributed by atoms with Crippen molar-refractivity contribution in [1.29, 1.82) is 0 Å². The molecule has 1 aliphatic carbocycles. The molecular weight excluding hydrogens is 579 g/mol. The van der Waals surface area contributed by atoms with E-state index < -0.39 is 11.7 Å². The molecule has 1 aliphatic rings. The van der Waals surface area contributed by atoms with E-state index in [0.29, 0.717) is 29.1 Å². The zero-order valence-electron chi connectivity index (χ0n) is 25.6. The summed E-state index contributed by atoms with van der Waals surface area (Å²) in [4.78, 5) is 44.1. The van der Waals surface area contributed by atoms with Crippen molar-refractivity contribution < 1.29 is 23.5 Å². The zero-order chi connectivity index (χ0) is 32.9. The fraction of sp³-hybridized carbons (Fsp3) is 0.250. The van der Waals surface area contributed by atoms with Crippen molar-refractivity contribution in [2.24, 2.45) is 17.4 Å². The molecule has 1 fully saturated rings. The number of methoxy groups -OCH3 is 1. The van der Waals surface area contributed by atoms with Crippen molar-refractivity contribution in [1.82, 2.24) is 25.5 Å². The lowest BCUT2D eigenvalue weighted by Crippen LogP contribution is -2.31. The molecule has 2 aromatic heterocycles. The number of anilines is 1. The SMILES string of the molecule is CN(C=C=O)Cc1ccccn1.CNC(=O)/C(N)=C(/C=C(\N)NC(=O)C1CC1)Nc1cccc(-c2cnc(C)c(F)c2)c1OC. The minimum atomic E-state index is -0.546. The Morgan fingerprint density at radius 2 is 1.93 bits per heavy atom. The van der Waals surface area contributed by atoms with E-state index >= 15 is 0 Å². The summed E-state index contributed by atoms with van der Waals surface area (Å²) in [6.07, 6.45) is 7.63. The average molecular weight is 617 g/mol. The molecule has 0 aliphatic heterocycles. The molecule has 0 spiro atoms. The number of hydrogen-bond acceptors (Lipinski definition) is 10. The Morgan fingerprint density at radius 3 is 2.53 bits per heavy atom. The van der Waals surface area contributed by atoms with Crippen LogP contribution in [0, 0.1) is 18.7 Å². The molecule has 45 heavy (non-hydrogen) atoms. The summed E-state index contributed by atoms with van der Waals surface area (Å²) in [6.45, 7) is 2.21. The van der Waals surface area contributed by atoms with Crippen molar-refractivity contribution >= 4 is 23.4 Å². The number of nitrogens with two attached hydrogens (primary N) is 2. The standard InChI is InChI=1S/C23H27FN6O3.C9H10N2O/c1-12-16(24)9-14(11-28-12)15-5-4-6-17(21(15)33-3)29-18(20(26)23(32)27-2)10-19(25)30-22(31)13-7-8-13;1-11(6-7-12)8-9-4-2-3-5-10-9/h4-6,9-11,13,29H,7-8,25-26H2,1-3H3,(H,27,32)(H,30,31);2-6H,8H2,1H3/b19-10+,20-18+;. The van der Waals surface area contributed by atoms with Gasteiger partial charge in [-0.05, 0) is 44.0 Å². The molecular formula is C32H37FN8O4. The minimum Gasteiger partial charge on any atom is -0.494 e. The molecule has 1 aromatic carbocycles. The Labute approximate surface area is 261 Å². The van der Waals surface area contributed by atoms with E-state index in [0.717, 1.165) is 18.5 Å². The van der Waals surface area contributed by atoms with Crippen LogP contribution in [0.3, 0.4) is 0 Å². The molecule has 4 rings (SSSR count). The second kappa shape index (κ2) is 16.2. The number of allylic oxidation sites excluding steroid dienone is 1. The van der Waals surface area contributed by atoms with E-state index in [1.165, 1.54) is 32.5 Å². The number of ether oxygens (including phenoxy) is 1. The molecule has 3 aromatic rings. The van der Waals surface area contributed by atoms with Gasteiger partial charge in [0.15, 0.2) is 0 Å². The summed E-state index contributed by atoms with van der Waals surface area (Å²) in [5, 5.41) is 8.10. The normalized spacial score (nSPS) is 12.8. The molecule has 0 saturated heterocycles. The number of amides is 2. The maximum Gasteiger partial charge on any atom is 0.269 e. The van der Waals surface area contributed by atoms with Gasteiger partial charge in [0.2, 0.25) is 5.91 Å². The first-order valence-electron chi connectivity index (χ1n) is 13.9. The Kier molecular flexibility index (Phi) is 12.2. The van der Waals surface area contributed by atoms with E-state index in [2.05, 4.69) is 25.9 Å². The van der Waals surface area contributed by atoms with E-state index in [1.54, 1.807) is 55.4 Å². The molecule has 1 saturated carbocycles. The number of likely N-dealkylation sites (N-methyl/N-ethyl adjacent to an activating group) is 1. The maximum atomic E-state index is 14.1. The minimum absolute atomic E-state index is 0.0289. The summed E-state index contributed by atoms with van der Waals surface area (Å²) >= 11 is 0. The first kappa shape index (κ1) is 33.8. The molecule has 7 N–H and O–H groups in total. The first-order chi connectivity index (χ1) is 21.6. The Morgan fingerprint density at radius 1 is 1.18 bits per heavy atom. The van der Waals surface area contributed by atoms with Crippen LogP contribution in [0.2, 0.25) is 0 Å². The van der Waals surface area contributed by atoms with Crippen LogP contribution in [0.1, 0.15) is 24.2 Å². The topological polar surface area (TPSA) is 178 Å². The lowest BCUT2D eigenvalue weighted by atomic mass is 10.0. The Bertz CT molecular complexity index is 1620. The lowest BCUT2D eigenvalue weighted by Gasteiger charge is -2.17. The van der Waals surface area contributed by atoms with Gasteiger partial charge in [0, 0.05) is 49.6 Å². The van der Waals surface area contributed by atoms with Gasteiger partial charge < -0.3 is 37.1 Å². The number of halogens is 1. The van der Waals surface area contributed by atoms with Crippen LogP contribution in [0.15, 0.2) is 84.3 Å². The van der Waals surface area contributed by atoms with Crippen LogP contribution >= 0.6 is 0 Å². The number of aromatic nitrogens is 2.